The molecule has 1 fully saturated rings. The Kier molecular flexibility index (Phi) is 7.43. The highest BCUT2D eigenvalue weighted by atomic mass is 31.3. The average molecular weight is 491 g/mol. The Morgan fingerprint density at radius 3 is 2.43 bits per heavy atom. The SMILES string of the molecule is N#Cc1cc([C@H]2C[C@H](O)[C@@H](COP(=O)(O)OP(=O)(O)OP(=O)(O)O)O2)c(=O)[nH]c1N. The smallest absolute Gasteiger partial charge is 0.390 e. The summed E-state index contributed by atoms with van der Waals surface area (Å²) in [6.07, 6.45) is -3.87. The number of nitrogens with one attached hydrogen (secondary N) is 1. The number of nitriles is 1. The lowest BCUT2D eigenvalue weighted by atomic mass is 10.0. The van der Waals surface area contributed by atoms with E-state index in [0.29, 0.717) is 0 Å². The number of nitrogen functional groups attached to an aromatic ring is 1. The van der Waals surface area contributed by atoms with E-state index in [-0.39, 0.29) is 23.4 Å². The van der Waals surface area contributed by atoms with E-state index in [1.54, 1.807) is 6.07 Å². The van der Waals surface area contributed by atoms with Gasteiger partial charge in [0.25, 0.3) is 5.56 Å². The molecule has 0 radical (unpaired) electrons. The molecule has 1 aromatic heterocycles. The number of aliphatic hydroxyl groups excluding tert-OH is 1. The van der Waals surface area contributed by atoms with Crippen LogP contribution in [0, 0.1) is 11.3 Å². The number of anilines is 1. The van der Waals surface area contributed by atoms with E-state index in [4.69, 9.17) is 30.4 Å². The number of hydrogen-bond acceptors (Lipinski definition) is 11. The second kappa shape index (κ2) is 8.97. The second-order valence-corrected chi connectivity index (χ2v) is 10.3. The minimum atomic E-state index is -5.68. The largest absolute Gasteiger partial charge is 0.490 e. The molecule has 2 rings (SSSR count). The Morgan fingerprint density at radius 1 is 1.23 bits per heavy atom. The Hall–Kier alpha value is -1.43. The normalized spacial score (nSPS) is 25.9. The number of aliphatic hydroxyl groups is 1. The Morgan fingerprint density at radius 2 is 1.87 bits per heavy atom. The zero-order chi connectivity index (χ0) is 22.9. The molecule has 2 unspecified atom stereocenters. The van der Waals surface area contributed by atoms with Crippen molar-refractivity contribution < 1.29 is 56.3 Å². The second-order valence-electron chi connectivity index (χ2n) is 5.85. The van der Waals surface area contributed by atoms with Gasteiger partial charge in [0.15, 0.2) is 0 Å². The Balaban J connectivity index is 2.05. The van der Waals surface area contributed by atoms with Crippen LogP contribution in [0.4, 0.5) is 5.82 Å². The molecule has 1 aliphatic heterocycles. The van der Waals surface area contributed by atoms with Crippen molar-refractivity contribution in [3.63, 3.8) is 0 Å². The van der Waals surface area contributed by atoms with Gasteiger partial charge in [-0.05, 0) is 6.07 Å². The van der Waals surface area contributed by atoms with E-state index in [2.05, 4.69) is 18.1 Å². The van der Waals surface area contributed by atoms with Crippen molar-refractivity contribution in [3.8, 4) is 6.07 Å². The maximum atomic E-state index is 12.0. The number of pyridine rings is 1. The summed E-state index contributed by atoms with van der Waals surface area (Å²) in [5.41, 5.74) is 4.67. The van der Waals surface area contributed by atoms with Crippen LogP contribution in [0.2, 0.25) is 0 Å². The summed E-state index contributed by atoms with van der Waals surface area (Å²) in [5.74, 6) is -0.172. The summed E-state index contributed by atoms with van der Waals surface area (Å²) in [5, 5.41) is 19.0. The first-order valence-electron chi connectivity index (χ1n) is 7.67. The number of phosphoric ester groups is 1. The summed E-state index contributed by atoms with van der Waals surface area (Å²) in [4.78, 5) is 49.7. The van der Waals surface area contributed by atoms with E-state index < -0.39 is 53.9 Å². The summed E-state index contributed by atoms with van der Waals surface area (Å²) < 4.78 is 50.4. The van der Waals surface area contributed by atoms with Crippen molar-refractivity contribution in [1.82, 2.24) is 4.98 Å². The number of H-pyrrole nitrogens is 1. The van der Waals surface area contributed by atoms with E-state index in [1.165, 1.54) is 0 Å². The maximum Gasteiger partial charge on any atom is 0.490 e. The lowest BCUT2D eigenvalue weighted by Gasteiger charge is -2.19. The highest BCUT2D eigenvalue weighted by Crippen LogP contribution is 2.66. The summed E-state index contributed by atoms with van der Waals surface area (Å²) >= 11 is 0. The molecule has 8 N–H and O–H groups in total. The van der Waals surface area contributed by atoms with Gasteiger partial charge in [-0.15, -0.1) is 0 Å². The molecular weight excluding hydrogens is 475 g/mol. The van der Waals surface area contributed by atoms with Gasteiger partial charge < -0.3 is 40.1 Å². The third-order valence-corrected chi connectivity index (χ3v) is 7.41. The molecule has 5 atom stereocenters. The highest BCUT2D eigenvalue weighted by molar-refractivity contribution is 7.66. The fourth-order valence-electron chi connectivity index (χ4n) is 2.44. The summed E-state index contributed by atoms with van der Waals surface area (Å²) in [6.45, 7) is -0.890. The van der Waals surface area contributed by atoms with Gasteiger partial charge in [0.05, 0.1) is 24.4 Å². The van der Waals surface area contributed by atoms with Crippen molar-refractivity contribution in [2.75, 3.05) is 12.3 Å². The van der Waals surface area contributed by atoms with Gasteiger partial charge in [-0.2, -0.15) is 13.9 Å². The number of aromatic nitrogens is 1. The van der Waals surface area contributed by atoms with Crippen molar-refractivity contribution in [1.29, 1.82) is 5.26 Å². The predicted octanol–water partition coefficient (Wildman–Crippen LogP) is -0.637. The van der Waals surface area contributed by atoms with Crippen molar-refractivity contribution in [2.24, 2.45) is 0 Å². The van der Waals surface area contributed by atoms with Gasteiger partial charge in [0.2, 0.25) is 0 Å². The summed E-state index contributed by atoms with van der Waals surface area (Å²) in [6, 6.07) is 2.90. The molecule has 0 spiro atoms. The molecule has 168 valence electrons. The molecule has 0 aromatic carbocycles. The van der Waals surface area contributed by atoms with E-state index in [9.17, 15) is 28.5 Å². The van der Waals surface area contributed by atoms with Crippen LogP contribution in [0.3, 0.4) is 0 Å². The van der Waals surface area contributed by atoms with Crippen LogP contribution >= 0.6 is 23.5 Å². The van der Waals surface area contributed by atoms with Crippen LogP contribution in [-0.4, -0.2) is 48.5 Å². The summed E-state index contributed by atoms with van der Waals surface area (Å²) in [7, 11) is -16.6. The first-order chi connectivity index (χ1) is 13.6. The van der Waals surface area contributed by atoms with Crippen molar-refractivity contribution >= 4 is 29.3 Å². The van der Waals surface area contributed by atoms with E-state index in [1.807, 2.05) is 0 Å². The highest BCUT2D eigenvalue weighted by Gasteiger charge is 2.43. The predicted molar refractivity (Wildman–Crippen MR) is 94.2 cm³/mol. The van der Waals surface area contributed by atoms with Gasteiger partial charge in [-0.1, -0.05) is 0 Å². The molecule has 1 aromatic rings. The molecular formula is C11H16N3O13P3. The molecule has 0 aliphatic carbocycles. The fourth-order valence-corrected chi connectivity index (χ4v) is 5.47. The molecule has 0 bridgehead atoms. The van der Waals surface area contributed by atoms with E-state index in [0.717, 1.165) is 6.07 Å². The average Bonchev–Trinajstić information content (AvgIpc) is 2.90. The van der Waals surface area contributed by atoms with Crippen molar-refractivity contribution in [3.05, 3.63) is 27.5 Å². The standard InChI is InChI=1S/C11H16N3O13P3/c12-3-5-1-6(11(16)14-10(5)13)8-2-7(15)9(25-8)4-24-29(20,21)27-30(22,23)26-28(17,18)19/h1,7-9,15H,2,4H2,(H,20,21)(H,22,23)(H3,13,14,16)(H2,17,18,19)/t7-,8+,9+/m0/s1. The number of ether oxygens (including phenoxy) is 1. The monoisotopic (exact) mass is 491 g/mol. The first kappa shape index (κ1) is 24.8. The Bertz CT molecular complexity index is 1040. The minimum Gasteiger partial charge on any atom is -0.390 e. The van der Waals surface area contributed by atoms with Crippen LogP contribution < -0.4 is 11.3 Å². The maximum absolute atomic E-state index is 12.0. The topological polar surface area (TPSA) is 272 Å². The van der Waals surface area contributed by atoms with Gasteiger partial charge in [0, 0.05) is 12.0 Å². The lowest BCUT2D eigenvalue weighted by Crippen LogP contribution is -2.26. The number of hydrogen-bond donors (Lipinski definition) is 7. The molecule has 16 nitrogen and oxygen atoms in total. The number of phosphoric acid groups is 3. The van der Waals surface area contributed by atoms with Gasteiger partial charge >= 0.3 is 23.5 Å². The molecule has 2 heterocycles. The number of rotatable bonds is 8. The quantitative estimate of drug-likeness (QED) is 0.223. The van der Waals surface area contributed by atoms with Crippen LogP contribution in [0.15, 0.2) is 10.9 Å². The molecule has 30 heavy (non-hydrogen) atoms. The number of aromatic amines is 1. The van der Waals surface area contributed by atoms with Crippen LogP contribution in [0.25, 0.3) is 0 Å². The van der Waals surface area contributed by atoms with Crippen molar-refractivity contribution in [2.45, 2.75) is 24.7 Å². The molecule has 19 heteroatoms. The van der Waals surface area contributed by atoms with Gasteiger partial charge in [-0.3, -0.25) is 9.32 Å². The van der Waals surface area contributed by atoms with Crippen LogP contribution in [-0.2, 0) is 31.6 Å². The first-order valence-corrected chi connectivity index (χ1v) is 12.2. The van der Waals surface area contributed by atoms with Crippen LogP contribution in [0.1, 0.15) is 23.7 Å². The van der Waals surface area contributed by atoms with E-state index >= 15 is 0 Å². The fraction of sp³-hybridized carbons (Fsp3) is 0.455. The molecule has 0 amide bonds. The third-order valence-electron chi connectivity index (χ3n) is 3.61. The number of nitrogens with two attached hydrogens (primary N) is 1. The molecule has 0 saturated carbocycles. The Labute approximate surface area is 167 Å². The third kappa shape index (κ3) is 6.79. The number of nitrogens with zero attached hydrogens (tertiary/aromatic N) is 1. The molecule has 1 aliphatic rings. The minimum absolute atomic E-state index is 0.0550. The van der Waals surface area contributed by atoms with Crippen LogP contribution in [0.5, 0.6) is 0 Å². The zero-order valence-corrected chi connectivity index (χ0v) is 17.3. The van der Waals surface area contributed by atoms with Gasteiger partial charge in [-0.25, -0.2) is 13.7 Å². The zero-order valence-electron chi connectivity index (χ0n) is 14.6. The molecule has 1 saturated heterocycles. The lowest BCUT2D eigenvalue weighted by molar-refractivity contribution is -0.0223. The van der Waals surface area contributed by atoms with Gasteiger partial charge in [0.1, 0.15) is 18.0 Å².